The minimum absolute atomic E-state index is 0. The van der Waals surface area contributed by atoms with Crippen molar-refractivity contribution in [2.75, 3.05) is 5.32 Å². The van der Waals surface area contributed by atoms with E-state index in [-0.39, 0.29) is 12.4 Å². The molecule has 1 N–H and O–H groups in total. The maximum atomic E-state index is 4.53. The van der Waals surface area contributed by atoms with Gasteiger partial charge < -0.3 is 5.32 Å². The maximum absolute atomic E-state index is 4.53. The number of halogens is 1. The summed E-state index contributed by atoms with van der Waals surface area (Å²) in [5, 5.41) is 12.5. The minimum atomic E-state index is 0. The average molecular weight is 312 g/mol. The first-order chi connectivity index (χ1) is 9.63. The van der Waals surface area contributed by atoms with Crippen LogP contribution in [0.2, 0.25) is 0 Å². The summed E-state index contributed by atoms with van der Waals surface area (Å²) >= 11 is 0. The summed E-state index contributed by atoms with van der Waals surface area (Å²) in [6.07, 6.45) is 6.43. The predicted molar refractivity (Wildman–Crippen MR) is 89.1 cm³/mol. The Balaban J connectivity index is 0.00000220. The van der Waals surface area contributed by atoms with Crippen LogP contribution in [-0.4, -0.2) is 19.6 Å². The summed E-state index contributed by atoms with van der Waals surface area (Å²) in [4.78, 5) is 0. The van der Waals surface area contributed by atoms with Crippen molar-refractivity contribution in [3.63, 3.8) is 0 Å². The fourth-order valence-electron chi connectivity index (χ4n) is 2.30. The average Bonchev–Trinajstić information content (AvgIpc) is 2.91. The summed E-state index contributed by atoms with van der Waals surface area (Å²) in [5.74, 6) is 0. The Hall–Kier alpha value is -1.49. The maximum Gasteiger partial charge on any atom is 0.0825 e. The normalized spacial score (nSPS) is 10.5. The van der Waals surface area contributed by atoms with Crippen LogP contribution in [0.15, 0.2) is 12.4 Å². The molecule has 118 valence electrons. The van der Waals surface area contributed by atoms with Crippen molar-refractivity contribution >= 4 is 18.1 Å². The van der Waals surface area contributed by atoms with E-state index in [1.165, 1.54) is 5.56 Å². The number of aryl methyl sites for hydroxylation is 4. The molecule has 0 fully saturated rings. The van der Waals surface area contributed by atoms with Crippen LogP contribution in [0.25, 0.3) is 0 Å². The van der Waals surface area contributed by atoms with Gasteiger partial charge in [0.2, 0.25) is 0 Å². The van der Waals surface area contributed by atoms with E-state index in [0.717, 1.165) is 49.6 Å². The van der Waals surface area contributed by atoms with E-state index < -0.39 is 0 Å². The van der Waals surface area contributed by atoms with E-state index in [9.17, 15) is 0 Å². The zero-order chi connectivity index (χ0) is 14.5. The van der Waals surface area contributed by atoms with Gasteiger partial charge in [0.05, 0.1) is 17.1 Å². The van der Waals surface area contributed by atoms with Crippen molar-refractivity contribution in [1.82, 2.24) is 19.6 Å². The lowest BCUT2D eigenvalue weighted by Crippen LogP contribution is -2.00. The molecule has 0 aromatic carbocycles. The van der Waals surface area contributed by atoms with Gasteiger partial charge in [-0.2, -0.15) is 10.2 Å². The Morgan fingerprint density at radius 3 is 2.14 bits per heavy atom. The summed E-state index contributed by atoms with van der Waals surface area (Å²) in [7, 11) is 0. The van der Waals surface area contributed by atoms with E-state index in [0.29, 0.717) is 0 Å². The van der Waals surface area contributed by atoms with Gasteiger partial charge in [-0.05, 0) is 26.7 Å². The Morgan fingerprint density at radius 2 is 1.52 bits per heavy atom. The van der Waals surface area contributed by atoms with Crippen LogP contribution in [0, 0.1) is 13.8 Å². The molecule has 0 atom stereocenters. The van der Waals surface area contributed by atoms with Crippen molar-refractivity contribution in [3.05, 3.63) is 29.3 Å². The zero-order valence-corrected chi connectivity index (χ0v) is 14.2. The smallest absolute Gasteiger partial charge is 0.0825 e. The molecule has 0 aliphatic carbocycles. The van der Waals surface area contributed by atoms with Gasteiger partial charge in [0.25, 0.3) is 0 Å². The highest BCUT2D eigenvalue weighted by Gasteiger charge is 2.07. The second kappa shape index (κ2) is 8.08. The largest absolute Gasteiger partial charge is 0.378 e. The Kier molecular flexibility index (Phi) is 6.75. The van der Waals surface area contributed by atoms with E-state index in [2.05, 4.69) is 48.7 Å². The number of rotatable bonds is 7. The molecule has 0 spiro atoms. The highest BCUT2D eigenvalue weighted by Crippen LogP contribution is 2.15. The predicted octanol–water partition coefficient (Wildman–Crippen LogP) is 3.55. The summed E-state index contributed by atoms with van der Waals surface area (Å²) in [6, 6.07) is 0. The fraction of sp³-hybridized carbons (Fsp3) is 0.600. The number of aromatic nitrogens is 4. The lowest BCUT2D eigenvalue weighted by Gasteiger charge is -2.03. The van der Waals surface area contributed by atoms with Gasteiger partial charge in [-0.3, -0.25) is 9.36 Å². The number of anilines is 1. The first kappa shape index (κ1) is 17.6. The van der Waals surface area contributed by atoms with Gasteiger partial charge in [0, 0.05) is 37.6 Å². The lowest BCUT2D eigenvalue weighted by atomic mass is 10.2. The molecule has 2 aromatic heterocycles. The van der Waals surface area contributed by atoms with Crippen LogP contribution in [0.3, 0.4) is 0 Å². The van der Waals surface area contributed by atoms with Gasteiger partial charge in [0.1, 0.15) is 0 Å². The quantitative estimate of drug-likeness (QED) is 0.850. The highest BCUT2D eigenvalue weighted by atomic mass is 35.5. The van der Waals surface area contributed by atoms with Crippen LogP contribution < -0.4 is 5.32 Å². The van der Waals surface area contributed by atoms with E-state index >= 15 is 0 Å². The summed E-state index contributed by atoms with van der Waals surface area (Å²) in [6.45, 7) is 11.2. The van der Waals surface area contributed by atoms with Crippen LogP contribution >= 0.6 is 12.4 Å². The second-order valence-corrected chi connectivity index (χ2v) is 5.25. The van der Waals surface area contributed by atoms with Gasteiger partial charge >= 0.3 is 0 Å². The molecule has 0 radical (unpaired) electrons. The number of nitrogens with one attached hydrogen (secondary N) is 1. The molecule has 5 nitrogen and oxygen atoms in total. The van der Waals surface area contributed by atoms with Gasteiger partial charge in [-0.25, -0.2) is 0 Å². The van der Waals surface area contributed by atoms with Crippen molar-refractivity contribution in [2.45, 2.75) is 60.2 Å². The molecule has 2 heterocycles. The second-order valence-electron chi connectivity index (χ2n) is 5.25. The topological polar surface area (TPSA) is 47.7 Å². The highest BCUT2D eigenvalue weighted by molar-refractivity contribution is 5.85. The van der Waals surface area contributed by atoms with Crippen molar-refractivity contribution in [3.8, 4) is 0 Å². The third-order valence-corrected chi connectivity index (χ3v) is 3.37. The molecule has 2 rings (SSSR count). The van der Waals surface area contributed by atoms with Gasteiger partial charge in [-0.15, -0.1) is 12.4 Å². The molecule has 0 saturated heterocycles. The summed E-state index contributed by atoms with van der Waals surface area (Å²) < 4.78 is 4.03. The first-order valence-electron chi connectivity index (χ1n) is 7.44. The Morgan fingerprint density at radius 1 is 0.952 bits per heavy atom. The molecule has 6 heteroatoms. The van der Waals surface area contributed by atoms with Crippen molar-refractivity contribution in [1.29, 1.82) is 0 Å². The molecular formula is C15H26ClN5. The SMILES string of the molecule is CCCn1cc(CNc2cn(CCC)nc2C)c(C)n1.Cl. The molecule has 21 heavy (non-hydrogen) atoms. The summed E-state index contributed by atoms with van der Waals surface area (Å²) in [5.41, 5.74) is 4.52. The lowest BCUT2D eigenvalue weighted by molar-refractivity contribution is 0.598. The van der Waals surface area contributed by atoms with E-state index in [4.69, 9.17) is 0 Å². The molecule has 0 aliphatic heterocycles. The minimum Gasteiger partial charge on any atom is -0.378 e. The number of nitrogens with zero attached hydrogens (tertiary/aromatic N) is 4. The number of hydrogen-bond donors (Lipinski definition) is 1. The van der Waals surface area contributed by atoms with Crippen LogP contribution in [0.1, 0.15) is 43.6 Å². The zero-order valence-electron chi connectivity index (χ0n) is 13.4. The van der Waals surface area contributed by atoms with Gasteiger partial charge in [-0.1, -0.05) is 13.8 Å². The molecule has 0 saturated carbocycles. The van der Waals surface area contributed by atoms with Gasteiger partial charge in [0.15, 0.2) is 0 Å². The first-order valence-corrected chi connectivity index (χ1v) is 7.44. The molecule has 2 aromatic rings. The Bertz CT molecular complexity index is 508. The third kappa shape index (κ3) is 4.49. The third-order valence-electron chi connectivity index (χ3n) is 3.37. The monoisotopic (exact) mass is 311 g/mol. The fourth-order valence-corrected chi connectivity index (χ4v) is 2.30. The van der Waals surface area contributed by atoms with E-state index in [1.807, 2.05) is 16.3 Å². The number of hydrogen-bond acceptors (Lipinski definition) is 3. The molecular weight excluding hydrogens is 286 g/mol. The van der Waals surface area contributed by atoms with E-state index in [1.54, 1.807) is 0 Å². The molecule has 0 aliphatic rings. The Labute approximate surface area is 133 Å². The molecule has 0 bridgehead atoms. The van der Waals surface area contributed by atoms with Crippen LogP contribution in [0.5, 0.6) is 0 Å². The van der Waals surface area contributed by atoms with Crippen molar-refractivity contribution < 1.29 is 0 Å². The molecule has 0 amide bonds. The molecule has 0 unspecified atom stereocenters. The van der Waals surface area contributed by atoms with Crippen LogP contribution in [-0.2, 0) is 19.6 Å². The standard InChI is InChI=1S/C15H25N5.ClH/c1-5-7-19-10-14(12(3)17-19)9-16-15-11-20(8-6-2)18-13(15)4;/h10-11,16H,5-9H2,1-4H3;1H. The van der Waals surface area contributed by atoms with Crippen molar-refractivity contribution in [2.24, 2.45) is 0 Å². The van der Waals surface area contributed by atoms with Crippen LogP contribution in [0.4, 0.5) is 5.69 Å².